The first-order valence-corrected chi connectivity index (χ1v) is 8.35. The van der Waals surface area contributed by atoms with Gasteiger partial charge in [-0.15, -0.1) is 0 Å². The molecular weight excluding hydrogens is 325 g/mol. The minimum atomic E-state index is -0.407. The number of nitrogens with zero attached hydrogens (tertiary/aromatic N) is 3. The molecule has 1 aromatic heterocycles. The highest BCUT2D eigenvalue weighted by atomic mass is 19.1. The molecular formula is C18H22FN3O3. The first kappa shape index (κ1) is 17.4. The maximum atomic E-state index is 13.2. The molecule has 2 atom stereocenters. The summed E-state index contributed by atoms with van der Waals surface area (Å²) < 4.78 is 14.6. The van der Waals surface area contributed by atoms with E-state index in [1.165, 1.54) is 27.9 Å². The van der Waals surface area contributed by atoms with E-state index in [-0.39, 0.29) is 29.3 Å². The first-order valence-electron chi connectivity index (χ1n) is 8.35. The Labute approximate surface area is 145 Å². The lowest BCUT2D eigenvalue weighted by Gasteiger charge is -2.22. The van der Waals surface area contributed by atoms with Crippen molar-refractivity contribution in [2.24, 2.45) is 5.92 Å². The van der Waals surface area contributed by atoms with Gasteiger partial charge in [0.1, 0.15) is 5.82 Å². The summed E-state index contributed by atoms with van der Waals surface area (Å²) in [5.74, 6) is -0.941. The van der Waals surface area contributed by atoms with Gasteiger partial charge in [0.15, 0.2) is 11.4 Å². The normalized spacial score (nSPS) is 20.0. The smallest absolute Gasteiger partial charge is 0.277 e. The summed E-state index contributed by atoms with van der Waals surface area (Å²) in [5.41, 5.74) is 1.17. The average Bonchev–Trinajstić information content (AvgIpc) is 3.13. The maximum Gasteiger partial charge on any atom is 0.277 e. The Morgan fingerprint density at radius 3 is 2.84 bits per heavy atom. The van der Waals surface area contributed by atoms with E-state index in [4.69, 9.17) is 0 Å². The van der Waals surface area contributed by atoms with E-state index in [1.807, 2.05) is 0 Å². The highest BCUT2D eigenvalue weighted by molar-refractivity contribution is 5.94. The van der Waals surface area contributed by atoms with Gasteiger partial charge in [0.25, 0.3) is 5.91 Å². The average molecular weight is 347 g/mol. The minimum Gasteiger partial charge on any atom is -0.504 e. The maximum absolute atomic E-state index is 13.2. The van der Waals surface area contributed by atoms with Crippen LogP contribution in [0.4, 0.5) is 4.39 Å². The van der Waals surface area contributed by atoms with E-state index < -0.39 is 5.91 Å². The number of amides is 1. The fourth-order valence-corrected chi connectivity index (χ4v) is 3.36. The van der Waals surface area contributed by atoms with Gasteiger partial charge in [-0.05, 0) is 43.5 Å². The number of aliphatic hydroxyl groups is 1. The highest BCUT2D eigenvalue weighted by Gasteiger charge is 2.29. The van der Waals surface area contributed by atoms with Crippen molar-refractivity contribution >= 4 is 5.91 Å². The van der Waals surface area contributed by atoms with Gasteiger partial charge in [0, 0.05) is 19.5 Å². The van der Waals surface area contributed by atoms with Crippen LogP contribution in [0.2, 0.25) is 0 Å². The Balaban J connectivity index is 1.80. The van der Waals surface area contributed by atoms with Gasteiger partial charge in [-0.1, -0.05) is 6.42 Å². The van der Waals surface area contributed by atoms with Crippen LogP contribution in [-0.2, 0) is 0 Å². The number of aromatic hydroxyl groups is 1. The lowest BCUT2D eigenvalue weighted by Crippen LogP contribution is -2.34. The van der Waals surface area contributed by atoms with Gasteiger partial charge in [-0.3, -0.25) is 4.79 Å². The third kappa shape index (κ3) is 3.51. The summed E-state index contributed by atoms with van der Waals surface area (Å²) in [5, 5.41) is 24.2. The highest BCUT2D eigenvalue weighted by Crippen LogP contribution is 2.27. The number of aliphatic hydroxyl groups excluding tert-OH is 1. The van der Waals surface area contributed by atoms with Crippen LogP contribution >= 0.6 is 0 Å². The fourth-order valence-electron chi connectivity index (χ4n) is 3.36. The van der Waals surface area contributed by atoms with Gasteiger partial charge in [-0.25, -0.2) is 9.07 Å². The number of aryl methyl sites for hydroxylation is 1. The van der Waals surface area contributed by atoms with E-state index in [0.29, 0.717) is 17.8 Å². The second-order valence-corrected chi connectivity index (χ2v) is 6.68. The molecule has 1 aliphatic carbocycles. The molecule has 1 heterocycles. The molecule has 1 aromatic carbocycles. The second kappa shape index (κ2) is 6.84. The molecule has 0 radical (unpaired) electrons. The summed E-state index contributed by atoms with van der Waals surface area (Å²) in [7, 11) is 1.63. The topological polar surface area (TPSA) is 78.6 Å². The molecule has 134 valence electrons. The van der Waals surface area contributed by atoms with E-state index in [2.05, 4.69) is 5.10 Å². The van der Waals surface area contributed by atoms with Crippen LogP contribution in [0, 0.1) is 18.7 Å². The molecule has 3 rings (SSSR count). The number of carbonyl (C=O) groups is 1. The molecule has 2 N–H and O–H groups in total. The molecule has 1 amide bonds. The molecule has 0 spiro atoms. The van der Waals surface area contributed by atoms with Crippen molar-refractivity contribution < 1.29 is 19.4 Å². The third-order valence-corrected chi connectivity index (χ3v) is 4.78. The van der Waals surface area contributed by atoms with Crippen molar-refractivity contribution in [1.29, 1.82) is 0 Å². The number of hydrogen-bond donors (Lipinski definition) is 2. The van der Waals surface area contributed by atoms with E-state index in [0.717, 1.165) is 19.3 Å². The summed E-state index contributed by atoms with van der Waals surface area (Å²) in [6.45, 7) is 2.15. The van der Waals surface area contributed by atoms with Crippen LogP contribution in [0.1, 0.15) is 35.3 Å². The van der Waals surface area contributed by atoms with Crippen LogP contribution in [0.25, 0.3) is 5.69 Å². The fraction of sp³-hybridized carbons (Fsp3) is 0.444. The van der Waals surface area contributed by atoms with E-state index in [9.17, 15) is 19.4 Å². The predicted molar refractivity (Wildman–Crippen MR) is 90.2 cm³/mol. The Morgan fingerprint density at radius 1 is 1.44 bits per heavy atom. The molecule has 7 heteroatoms. The Morgan fingerprint density at radius 2 is 2.20 bits per heavy atom. The van der Waals surface area contributed by atoms with E-state index in [1.54, 1.807) is 20.0 Å². The predicted octanol–water partition coefficient (Wildman–Crippen LogP) is 2.26. The Bertz CT molecular complexity index is 790. The molecule has 25 heavy (non-hydrogen) atoms. The lowest BCUT2D eigenvalue weighted by molar-refractivity contribution is 0.0685. The van der Waals surface area contributed by atoms with Crippen molar-refractivity contribution in [3.8, 4) is 11.4 Å². The van der Waals surface area contributed by atoms with Crippen LogP contribution in [0.5, 0.6) is 5.75 Å². The molecule has 2 aromatic rings. The van der Waals surface area contributed by atoms with Gasteiger partial charge in [-0.2, -0.15) is 5.10 Å². The number of rotatable bonds is 4. The van der Waals surface area contributed by atoms with Gasteiger partial charge in [0.05, 0.1) is 18.0 Å². The SMILES string of the molecule is Cc1cc(F)ccc1-n1cc(O)c(C(=O)N(C)CC2CCCC2O)n1. The van der Waals surface area contributed by atoms with Crippen LogP contribution in [-0.4, -0.2) is 50.5 Å². The van der Waals surface area contributed by atoms with Crippen molar-refractivity contribution in [1.82, 2.24) is 14.7 Å². The molecule has 0 aliphatic heterocycles. The van der Waals surface area contributed by atoms with Gasteiger partial charge >= 0.3 is 0 Å². The second-order valence-electron chi connectivity index (χ2n) is 6.68. The number of aromatic nitrogens is 2. The van der Waals surface area contributed by atoms with Crippen LogP contribution < -0.4 is 0 Å². The molecule has 0 saturated heterocycles. The number of halogens is 1. The zero-order chi connectivity index (χ0) is 18.1. The summed E-state index contributed by atoms with van der Waals surface area (Å²) in [6, 6.07) is 4.21. The summed E-state index contributed by atoms with van der Waals surface area (Å²) in [6.07, 6.45) is 3.55. The van der Waals surface area contributed by atoms with Crippen molar-refractivity contribution in [3.63, 3.8) is 0 Å². The third-order valence-electron chi connectivity index (χ3n) is 4.78. The Hall–Kier alpha value is -2.41. The lowest BCUT2D eigenvalue weighted by atomic mass is 10.1. The van der Waals surface area contributed by atoms with E-state index >= 15 is 0 Å². The molecule has 6 nitrogen and oxygen atoms in total. The molecule has 0 bridgehead atoms. The molecule has 1 aliphatic rings. The molecule has 2 unspecified atom stereocenters. The minimum absolute atomic E-state index is 0.0533. The molecule has 1 fully saturated rings. The summed E-state index contributed by atoms with van der Waals surface area (Å²) >= 11 is 0. The number of benzene rings is 1. The van der Waals surface area contributed by atoms with Gasteiger partial charge in [0.2, 0.25) is 0 Å². The first-order chi connectivity index (χ1) is 11.9. The largest absolute Gasteiger partial charge is 0.504 e. The number of carbonyl (C=O) groups excluding carboxylic acids is 1. The zero-order valence-corrected chi connectivity index (χ0v) is 14.3. The molecule has 1 saturated carbocycles. The van der Waals surface area contributed by atoms with Crippen LogP contribution in [0.3, 0.4) is 0 Å². The van der Waals surface area contributed by atoms with Crippen molar-refractivity contribution in [2.75, 3.05) is 13.6 Å². The zero-order valence-electron chi connectivity index (χ0n) is 14.3. The summed E-state index contributed by atoms with van der Waals surface area (Å²) in [4.78, 5) is 14.1. The standard InChI is InChI=1S/C18H22FN3O3/c1-11-8-13(19)6-7-14(11)22-10-16(24)17(20-22)18(25)21(2)9-12-4-3-5-15(12)23/h6-8,10,12,15,23-24H,3-5,9H2,1-2H3. The van der Waals surface area contributed by atoms with Gasteiger partial charge < -0.3 is 15.1 Å². The van der Waals surface area contributed by atoms with Crippen LogP contribution in [0.15, 0.2) is 24.4 Å². The number of hydrogen-bond acceptors (Lipinski definition) is 4. The van der Waals surface area contributed by atoms with Crippen molar-refractivity contribution in [3.05, 3.63) is 41.5 Å². The monoisotopic (exact) mass is 347 g/mol. The Kier molecular flexibility index (Phi) is 4.76. The quantitative estimate of drug-likeness (QED) is 0.889. The van der Waals surface area contributed by atoms with Crippen molar-refractivity contribution in [2.45, 2.75) is 32.3 Å².